The summed E-state index contributed by atoms with van der Waals surface area (Å²) in [6, 6.07) is 0. The number of amides is 1. The predicted octanol–water partition coefficient (Wildman–Crippen LogP) is 1.79. The van der Waals surface area contributed by atoms with Crippen molar-refractivity contribution in [2.24, 2.45) is 4.99 Å². The van der Waals surface area contributed by atoms with Crippen LogP contribution in [0.15, 0.2) is 28.9 Å². The van der Waals surface area contributed by atoms with Gasteiger partial charge in [-0.2, -0.15) is 0 Å². The van der Waals surface area contributed by atoms with E-state index in [-0.39, 0.29) is 12.1 Å². The van der Waals surface area contributed by atoms with E-state index in [0.717, 1.165) is 0 Å². The Balaban J connectivity index is 2.85. The number of allylic oxidation sites excluding steroid dienone is 1. The zero-order chi connectivity index (χ0) is 12.0. The molecule has 1 atom stereocenters. The second kappa shape index (κ2) is 6.23. The van der Waals surface area contributed by atoms with Gasteiger partial charge < -0.3 is 10.1 Å². The molecule has 88 valence electrons. The molecule has 0 saturated carbocycles. The standard InChI is InChI=1S/C12H18N2O2/c1-4-10-8-9(3)13-7-6-11(16-5-2)14-12(10)15/h7-8,11H,3-6H2,1-2H3,(H,14,15)/b10-8-,13-7-. The van der Waals surface area contributed by atoms with E-state index >= 15 is 0 Å². The molecular weight excluding hydrogens is 204 g/mol. The fourth-order valence-corrected chi connectivity index (χ4v) is 1.44. The Labute approximate surface area is 96.1 Å². The number of hydrogen-bond acceptors (Lipinski definition) is 3. The van der Waals surface area contributed by atoms with Crippen LogP contribution in [-0.2, 0) is 9.53 Å². The van der Waals surface area contributed by atoms with Gasteiger partial charge in [0.1, 0.15) is 6.23 Å². The van der Waals surface area contributed by atoms with E-state index in [1.54, 1.807) is 12.3 Å². The lowest BCUT2D eigenvalue weighted by Crippen LogP contribution is -2.37. The first-order chi connectivity index (χ1) is 7.67. The molecule has 0 aromatic heterocycles. The Hall–Kier alpha value is -1.42. The van der Waals surface area contributed by atoms with Crippen LogP contribution in [0.25, 0.3) is 0 Å². The molecular formula is C12H18N2O2. The van der Waals surface area contributed by atoms with Gasteiger partial charge in [-0.05, 0) is 19.4 Å². The maximum absolute atomic E-state index is 11.8. The minimum absolute atomic E-state index is 0.104. The van der Waals surface area contributed by atoms with Crippen LogP contribution in [0.3, 0.4) is 0 Å². The molecule has 4 heteroatoms. The van der Waals surface area contributed by atoms with Crippen LogP contribution < -0.4 is 5.32 Å². The summed E-state index contributed by atoms with van der Waals surface area (Å²) in [4.78, 5) is 16.0. The minimum Gasteiger partial charge on any atom is -0.358 e. The van der Waals surface area contributed by atoms with Crippen molar-refractivity contribution in [1.82, 2.24) is 5.32 Å². The molecule has 1 aliphatic heterocycles. The van der Waals surface area contributed by atoms with Crippen molar-refractivity contribution < 1.29 is 9.53 Å². The summed E-state index contributed by atoms with van der Waals surface area (Å²) in [7, 11) is 0. The van der Waals surface area contributed by atoms with Gasteiger partial charge in [0.25, 0.3) is 0 Å². The topological polar surface area (TPSA) is 50.7 Å². The fraction of sp³-hybridized carbons (Fsp3) is 0.500. The van der Waals surface area contributed by atoms with Crippen LogP contribution in [0, 0.1) is 0 Å². The van der Waals surface area contributed by atoms with E-state index in [2.05, 4.69) is 16.9 Å². The Morgan fingerprint density at radius 2 is 2.38 bits per heavy atom. The number of nitrogens with zero attached hydrogens (tertiary/aromatic N) is 1. The summed E-state index contributed by atoms with van der Waals surface area (Å²) in [5, 5.41) is 2.82. The van der Waals surface area contributed by atoms with Crippen LogP contribution in [0.1, 0.15) is 26.7 Å². The number of rotatable bonds is 3. The number of hydrogen-bond donors (Lipinski definition) is 1. The second-order valence-electron chi connectivity index (χ2n) is 3.48. The highest BCUT2D eigenvalue weighted by atomic mass is 16.5. The lowest BCUT2D eigenvalue weighted by molar-refractivity contribution is -0.121. The van der Waals surface area contributed by atoms with Crippen LogP contribution in [0.2, 0.25) is 0 Å². The summed E-state index contributed by atoms with van der Waals surface area (Å²) in [5.41, 5.74) is 1.28. The van der Waals surface area contributed by atoms with Gasteiger partial charge in [-0.1, -0.05) is 13.5 Å². The van der Waals surface area contributed by atoms with Crippen molar-refractivity contribution in [2.75, 3.05) is 6.61 Å². The van der Waals surface area contributed by atoms with E-state index in [9.17, 15) is 4.79 Å². The van der Waals surface area contributed by atoms with E-state index in [1.807, 2.05) is 13.8 Å². The Kier molecular flexibility index (Phi) is 4.92. The molecule has 1 amide bonds. The molecule has 1 N–H and O–H groups in total. The van der Waals surface area contributed by atoms with Gasteiger partial charge in [0.15, 0.2) is 0 Å². The number of carbonyl (C=O) groups excluding carboxylic acids is 1. The summed E-state index contributed by atoms with van der Waals surface area (Å²) in [5.74, 6) is -0.104. The lowest BCUT2D eigenvalue weighted by atomic mass is 10.1. The van der Waals surface area contributed by atoms with E-state index < -0.39 is 0 Å². The first-order valence-electron chi connectivity index (χ1n) is 5.51. The first-order valence-corrected chi connectivity index (χ1v) is 5.51. The zero-order valence-corrected chi connectivity index (χ0v) is 9.82. The number of nitrogens with one attached hydrogen (secondary N) is 1. The van der Waals surface area contributed by atoms with Gasteiger partial charge >= 0.3 is 0 Å². The largest absolute Gasteiger partial charge is 0.358 e. The van der Waals surface area contributed by atoms with E-state index in [4.69, 9.17) is 4.74 Å². The van der Waals surface area contributed by atoms with Gasteiger partial charge in [0.05, 0.1) is 5.70 Å². The molecule has 0 radical (unpaired) electrons. The average molecular weight is 222 g/mol. The van der Waals surface area contributed by atoms with E-state index in [1.165, 1.54) is 0 Å². The highest BCUT2D eigenvalue weighted by molar-refractivity contribution is 5.94. The quantitative estimate of drug-likeness (QED) is 0.791. The third kappa shape index (κ3) is 3.62. The Morgan fingerprint density at radius 3 is 3.00 bits per heavy atom. The molecule has 1 unspecified atom stereocenters. The summed E-state index contributed by atoms with van der Waals surface area (Å²) >= 11 is 0. The second-order valence-corrected chi connectivity index (χ2v) is 3.48. The van der Waals surface area contributed by atoms with Crippen molar-refractivity contribution in [3.8, 4) is 0 Å². The van der Waals surface area contributed by atoms with Gasteiger partial charge in [-0.15, -0.1) is 0 Å². The van der Waals surface area contributed by atoms with Gasteiger partial charge in [0.2, 0.25) is 5.91 Å². The monoisotopic (exact) mass is 222 g/mol. The van der Waals surface area contributed by atoms with Crippen LogP contribution in [0.5, 0.6) is 0 Å². The van der Waals surface area contributed by atoms with Crippen LogP contribution >= 0.6 is 0 Å². The normalized spacial score (nSPS) is 27.1. The fourth-order valence-electron chi connectivity index (χ4n) is 1.44. The molecule has 1 rings (SSSR count). The van der Waals surface area contributed by atoms with Crippen LogP contribution in [0.4, 0.5) is 0 Å². The van der Waals surface area contributed by atoms with Gasteiger partial charge in [0, 0.05) is 24.8 Å². The summed E-state index contributed by atoms with van der Waals surface area (Å²) in [6.07, 6.45) is 4.34. The van der Waals surface area contributed by atoms with Crippen molar-refractivity contribution in [3.63, 3.8) is 0 Å². The molecule has 0 aromatic carbocycles. The smallest absolute Gasteiger partial charge is 0.249 e. The van der Waals surface area contributed by atoms with Crippen molar-refractivity contribution in [2.45, 2.75) is 32.9 Å². The number of ether oxygens (including phenoxy) is 1. The molecule has 0 bridgehead atoms. The SMILES string of the molecule is C=C1/C=C(/CC)C(=O)NC(OCC)C/C=N\1. The highest BCUT2D eigenvalue weighted by Crippen LogP contribution is 2.09. The maximum Gasteiger partial charge on any atom is 0.249 e. The predicted molar refractivity (Wildman–Crippen MR) is 64.2 cm³/mol. The van der Waals surface area contributed by atoms with Crippen molar-refractivity contribution in [3.05, 3.63) is 23.9 Å². The molecule has 0 aromatic rings. The molecule has 0 spiro atoms. The number of aliphatic imine (C=N–C) groups is 1. The third-order valence-electron chi connectivity index (χ3n) is 2.25. The number of carbonyl (C=O) groups is 1. The first kappa shape index (κ1) is 12.6. The molecule has 4 nitrogen and oxygen atoms in total. The van der Waals surface area contributed by atoms with Crippen molar-refractivity contribution >= 4 is 12.1 Å². The summed E-state index contributed by atoms with van der Waals surface area (Å²) in [6.45, 7) is 8.15. The van der Waals surface area contributed by atoms with Crippen molar-refractivity contribution in [1.29, 1.82) is 0 Å². The maximum atomic E-state index is 11.8. The average Bonchev–Trinajstić information content (AvgIpc) is 2.30. The molecule has 0 saturated heterocycles. The van der Waals surface area contributed by atoms with Gasteiger partial charge in [-0.3, -0.25) is 9.79 Å². The van der Waals surface area contributed by atoms with Crippen LogP contribution in [-0.4, -0.2) is 25.0 Å². The molecule has 16 heavy (non-hydrogen) atoms. The third-order valence-corrected chi connectivity index (χ3v) is 2.25. The summed E-state index contributed by atoms with van der Waals surface area (Å²) < 4.78 is 5.39. The molecule has 0 aliphatic carbocycles. The minimum atomic E-state index is -0.304. The molecule has 0 fully saturated rings. The highest BCUT2D eigenvalue weighted by Gasteiger charge is 2.15. The molecule has 1 aliphatic rings. The Bertz CT molecular complexity index is 332. The lowest BCUT2D eigenvalue weighted by Gasteiger charge is -2.16. The molecule has 1 heterocycles. The van der Waals surface area contributed by atoms with E-state index in [0.29, 0.717) is 30.7 Å². The Morgan fingerprint density at radius 1 is 1.62 bits per heavy atom. The zero-order valence-electron chi connectivity index (χ0n) is 9.82. The van der Waals surface area contributed by atoms with Gasteiger partial charge in [-0.25, -0.2) is 0 Å².